The van der Waals surface area contributed by atoms with Gasteiger partial charge in [-0.25, -0.2) is 0 Å². The number of benzene rings is 1. The quantitative estimate of drug-likeness (QED) is 0.895. The van der Waals surface area contributed by atoms with Gasteiger partial charge >= 0.3 is 5.97 Å². The number of carbonyl (C=O) groups excluding carboxylic acids is 1. The van der Waals surface area contributed by atoms with Crippen LogP contribution in [0.5, 0.6) is 0 Å². The number of carbonyl (C=O) groups is 2. The van der Waals surface area contributed by atoms with Crippen molar-refractivity contribution in [3.05, 3.63) is 35.4 Å². The minimum atomic E-state index is -0.849. The Kier molecular flexibility index (Phi) is 4.99. The van der Waals surface area contributed by atoms with Gasteiger partial charge in [-0.15, -0.1) is 0 Å². The number of hydrogen-bond acceptors (Lipinski definition) is 2. The van der Waals surface area contributed by atoms with E-state index in [4.69, 9.17) is 0 Å². The van der Waals surface area contributed by atoms with Crippen LogP contribution in [0.4, 0.5) is 0 Å². The Balaban J connectivity index is 2.04. The molecule has 3 atom stereocenters. The molecule has 114 valence electrons. The summed E-state index contributed by atoms with van der Waals surface area (Å²) in [7, 11) is 0. The van der Waals surface area contributed by atoms with Crippen LogP contribution in [0.15, 0.2) is 24.3 Å². The van der Waals surface area contributed by atoms with Crippen LogP contribution >= 0.6 is 0 Å². The summed E-state index contributed by atoms with van der Waals surface area (Å²) in [4.78, 5) is 23.7. The second-order valence-electron chi connectivity index (χ2n) is 5.98. The van der Waals surface area contributed by atoms with E-state index in [1.165, 1.54) is 0 Å². The lowest BCUT2D eigenvalue weighted by atomic mass is 9.78. The van der Waals surface area contributed by atoms with E-state index >= 15 is 0 Å². The van der Waals surface area contributed by atoms with E-state index in [-0.39, 0.29) is 11.9 Å². The highest BCUT2D eigenvalue weighted by molar-refractivity contribution is 5.85. The minimum Gasteiger partial charge on any atom is -0.481 e. The normalized spacial score (nSPS) is 23.3. The number of carboxylic acid groups (broad SMARTS) is 1. The van der Waals surface area contributed by atoms with E-state index in [1.807, 2.05) is 38.1 Å². The molecule has 0 spiro atoms. The summed E-state index contributed by atoms with van der Waals surface area (Å²) in [5, 5.41) is 12.2. The first kappa shape index (κ1) is 15.5. The van der Waals surface area contributed by atoms with Gasteiger partial charge in [0, 0.05) is 0 Å². The van der Waals surface area contributed by atoms with Crippen molar-refractivity contribution < 1.29 is 14.7 Å². The number of amides is 1. The highest BCUT2D eigenvalue weighted by atomic mass is 16.4. The maximum atomic E-state index is 12.4. The molecule has 1 aliphatic rings. The highest BCUT2D eigenvalue weighted by Crippen LogP contribution is 2.31. The van der Waals surface area contributed by atoms with Gasteiger partial charge in [-0.2, -0.15) is 0 Å². The largest absolute Gasteiger partial charge is 0.481 e. The molecule has 1 aliphatic carbocycles. The van der Waals surface area contributed by atoms with E-state index in [0.717, 1.165) is 24.0 Å². The number of aliphatic carboxylic acids is 1. The van der Waals surface area contributed by atoms with Crippen molar-refractivity contribution in [2.45, 2.75) is 45.6 Å². The van der Waals surface area contributed by atoms with Gasteiger partial charge in [0.25, 0.3) is 0 Å². The Labute approximate surface area is 125 Å². The maximum absolute atomic E-state index is 12.4. The Hall–Kier alpha value is -1.84. The molecule has 1 saturated carbocycles. The van der Waals surface area contributed by atoms with Crippen molar-refractivity contribution in [3.63, 3.8) is 0 Å². The van der Waals surface area contributed by atoms with Gasteiger partial charge in [0.05, 0.1) is 17.9 Å². The molecule has 0 aromatic heterocycles. The van der Waals surface area contributed by atoms with Crippen LogP contribution < -0.4 is 5.32 Å². The van der Waals surface area contributed by atoms with Crippen molar-refractivity contribution in [1.29, 1.82) is 0 Å². The molecule has 0 heterocycles. The monoisotopic (exact) mass is 289 g/mol. The van der Waals surface area contributed by atoms with Crippen molar-refractivity contribution in [1.82, 2.24) is 5.32 Å². The van der Waals surface area contributed by atoms with Crippen LogP contribution in [0.25, 0.3) is 0 Å². The molecule has 1 fully saturated rings. The summed E-state index contributed by atoms with van der Waals surface area (Å²) in [5.74, 6) is -1.92. The van der Waals surface area contributed by atoms with E-state index in [9.17, 15) is 14.7 Å². The standard InChI is InChI=1S/C17H23NO3/c1-11-6-5-7-13(10-11)12(2)18-16(19)14-8-3-4-9-15(14)17(20)21/h5-7,10,12,14-15H,3-4,8-9H2,1-2H3,(H,18,19)(H,20,21)/t12-,14+,15-/m0/s1. The summed E-state index contributed by atoms with van der Waals surface area (Å²) in [6.45, 7) is 3.95. The second-order valence-corrected chi connectivity index (χ2v) is 5.98. The van der Waals surface area contributed by atoms with E-state index in [1.54, 1.807) is 0 Å². The smallest absolute Gasteiger partial charge is 0.307 e. The van der Waals surface area contributed by atoms with Crippen LogP contribution in [0.3, 0.4) is 0 Å². The number of nitrogens with one attached hydrogen (secondary N) is 1. The third-order valence-electron chi connectivity index (χ3n) is 4.32. The molecular formula is C17H23NO3. The molecule has 0 saturated heterocycles. The molecule has 1 aromatic rings. The summed E-state index contributed by atoms with van der Waals surface area (Å²) in [6, 6.07) is 7.90. The molecule has 1 aromatic carbocycles. The van der Waals surface area contributed by atoms with Gasteiger partial charge in [-0.1, -0.05) is 42.7 Å². The molecule has 4 nitrogen and oxygen atoms in total. The Morgan fingerprint density at radius 1 is 1.24 bits per heavy atom. The molecule has 21 heavy (non-hydrogen) atoms. The first-order valence-corrected chi connectivity index (χ1v) is 7.59. The van der Waals surface area contributed by atoms with Gasteiger partial charge in [0.1, 0.15) is 0 Å². The first-order valence-electron chi connectivity index (χ1n) is 7.59. The fourth-order valence-electron chi connectivity index (χ4n) is 3.08. The molecule has 2 N–H and O–H groups in total. The molecule has 0 unspecified atom stereocenters. The summed E-state index contributed by atoms with van der Waals surface area (Å²) in [6.07, 6.45) is 3.10. The third kappa shape index (κ3) is 3.84. The predicted molar refractivity (Wildman–Crippen MR) is 80.8 cm³/mol. The van der Waals surface area contributed by atoms with Crippen molar-refractivity contribution in [3.8, 4) is 0 Å². The van der Waals surface area contributed by atoms with Gasteiger partial charge in [0.15, 0.2) is 0 Å². The van der Waals surface area contributed by atoms with Gasteiger partial charge in [0.2, 0.25) is 5.91 Å². The maximum Gasteiger partial charge on any atom is 0.307 e. The molecule has 2 rings (SSSR count). The fraction of sp³-hybridized carbons (Fsp3) is 0.529. The van der Waals surface area contributed by atoms with Crippen LogP contribution in [-0.4, -0.2) is 17.0 Å². The van der Waals surface area contributed by atoms with Crippen LogP contribution in [-0.2, 0) is 9.59 Å². The zero-order chi connectivity index (χ0) is 15.4. The average Bonchev–Trinajstić information content (AvgIpc) is 2.47. The van der Waals surface area contributed by atoms with Gasteiger partial charge < -0.3 is 10.4 Å². The van der Waals surface area contributed by atoms with Crippen LogP contribution in [0.2, 0.25) is 0 Å². The number of hydrogen-bond donors (Lipinski definition) is 2. The molecule has 0 aliphatic heterocycles. The second kappa shape index (κ2) is 6.74. The van der Waals surface area contributed by atoms with Gasteiger partial charge in [-0.3, -0.25) is 9.59 Å². The molecule has 4 heteroatoms. The zero-order valence-corrected chi connectivity index (χ0v) is 12.6. The average molecular weight is 289 g/mol. The fourth-order valence-corrected chi connectivity index (χ4v) is 3.08. The lowest BCUT2D eigenvalue weighted by molar-refractivity contribution is -0.149. The van der Waals surface area contributed by atoms with Crippen molar-refractivity contribution in [2.75, 3.05) is 0 Å². The lowest BCUT2D eigenvalue weighted by Crippen LogP contribution is -2.40. The molecule has 1 amide bonds. The molecule has 0 radical (unpaired) electrons. The third-order valence-corrected chi connectivity index (χ3v) is 4.32. The summed E-state index contributed by atoms with van der Waals surface area (Å²) >= 11 is 0. The van der Waals surface area contributed by atoms with E-state index < -0.39 is 17.8 Å². The van der Waals surface area contributed by atoms with E-state index in [2.05, 4.69) is 5.32 Å². The van der Waals surface area contributed by atoms with Crippen LogP contribution in [0, 0.1) is 18.8 Å². The van der Waals surface area contributed by atoms with Crippen LogP contribution in [0.1, 0.15) is 49.8 Å². The SMILES string of the molecule is Cc1cccc([C@H](C)NC(=O)[C@@H]2CCCC[C@@H]2C(=O)O)c1. The van der Waals surface area contributed by atoms with Crippen molar-refractivity contribution >= 4 is 11.9 Å². The zero-order valence-electron chi connectivity index (χ0n) is 12.6. The Morgan fingerprint density at radius 2 is 1.90 bits per heavy atom. The summed E-state index contributed by atoms with van der Waals surface area (Å²) in [5.41, 5.74) is 2.20. The Bertz CT molecular complexity index is 527. The lowest BCUT2D eigenvalue weighted by Gasteiger charge is -2.28. The van der Waals surface area contributed by atoms with Gasteiger partial charge in [-0.05, 0) is 32.3 Å². The number of rotatable bonds is 4. The minimum absolute atomic E-state index is 0.103. The van der Waals surface area contributed by atoms with E-state index in [0.29, 0.717) is 12.8 Å². The molecule has 0 bridgehead atoms. The number of aryl methyl sites for hydroxylation is 1. The van der Waals surface area contributed by atoms with Crippen molar-refractivity contribution in [2.24, 2.45) is 11.8 Å². The summed E-state index contributed by atoms with van der Waals surface area (Å²) < 4.78 is 0. The Morgan fingerprint density at radius 3 is 2.52 bits per heavy atom. The first-order chi connectivity index (χ1) is 9.99. The molecular weight excluding hydrogens is 266 g/mol. The topological polar surface area (TPSA) is 66.4 Å². The highest BCUT2D eigenvalue weighted by Gasteiger charge is 2.36. The number of carboxylic acids is 1. The predicted octanol–water partition coefficient (Wildman–Crippen LogP) is 3.06.